The predicted octanol–water partition coefficient (Wildman–Crippen LogP) is 0.696. The van der Waals surface area contributed by atoms with E-state index in [1.165, 1.54) is 9.21 Å². The van der Waals surface area contributed by atoms with E-state index < -0.39 is 16.1 Å². The number of nitrogens with one attached hydrogen (secondary N) is 1. The van der Waals surface area contributed by atoms with Gasteiger partial charge in [0.05, 0.1) is 23.7 Å². The van der Waals surface area contributed by atoms with Gasteiger partial charge in [0.15, 0.2) is 0 Å². The van der Waals surface area contributed by atoms with Crippen LogP contribution in [0.3, 0.4) is 0 Å². The second kappa shape index (κ2) is 7.16. The number of rotatable bonds is 4. The highest BCUT2D eigenvalue weighted by molar-refractivity contribution is 7.88. The van der Waals surface area contributed by atoms with Gasteiger partial charge in [-0.15, -0.1) is 0 Å². The molecule has 8 nitrogen and oxygen atoms in total. The summed E-state index contributed by atoms with van der Waals surface area (Å²) in [6, 6.07) is 6.28. The predicted molar refractivity (Wildman–Crippen MR) is 98.0 cm³/mol. The van der Waals surface area contributed by atoms with Crippen molar-refractivity contribution in [3.63, 3.8) is 0 Å². The number of nitrogens with zero attached hydrogens (tertiary/aromatic N) is 3. The molecule has 1 aliphatic heterocycles. The van der Waals surface area contributed by atoms with Crippen molar-refractivity contribution >= 4 is 26.8 Å². The van der Waals surface area contributed by atoms with Crippen LogP contribution in [0.25, 0.3) is 10.9 Å². The van der Waals surface area contributed by atoms with E-state index in [1.54, 1.807) is 31.3 Å². The number of carbonyl (C=O) groups is 1. The van der Waals surface area contributed by atoms with Gasteiger partial charge in [0.1, 0.15) is 11.9 Å². The molecule has 1 saturated heterocycles. The lowest BCUT2D eigenvalue weighted by Crippen LogP contribution is -2.51. The number of fused-ring (bicyclic) bond motifs is 1. The van der Waals surface area contributed by atoms with E-state index in [-0.39, 0.29) is 18.0 Å². The first-order valence-electron chi connectivity index (χ1n) is 8.47. The van der Waals surface area contributed by atoms with Crippen LogP contribution in [0.15, 0.2) is 29.1 Å². The number of carbonyl (C=O) groups excluding carboxylic acids is 1. The molecule has 26 heavy (non-hydrogen) atoms. The maximum atomic E-state index is 12.8. The quantitative estimate of drug-likeness (QED) is 0.843. The number of piperidine rings is 1. The Kier molecular flexibility index (Phi) is 5.10. The lowest BCUT2D eigenvalue weighted by molar-refractivity contribution is -0.135. The normalized spacial score (nSPS) is 18.8. The summed E-state index contributed by atoms with van der Waals surface area (Å²) in [7, 11) is -1.86. The van der Waals surface area contributed by atoms with Crippen molar-refractivity contribution in [2.45, 2.75) is 31.8 Å². The maximum Gasteiger partial charge on any atom is 0.258 e. The topological polar surface area (TPSA) is 103 Å². The van der Waals surface area contributed by atoms with Crippen molar-refractivity contribution in [1.29, 1.82) is 0 Å². The third-order valence-electron chi connectivity index (χ3n) is 4.59. The molecule has 2 heterocycles. The van der Waals surface area contributed by atoms with Crippen LogP contribution >= 0.6 is 0 Å². The largest absolute Gasteiger partial charge is 0.337 e. The molecule has 0 bridgehead atoms. The molecule has 1 fully saturated rings. The maximum absolute atomic E-state index is 12.8. The van der Waals surface area contributed by atoms with Crippen molar-refractivity contribution in [3.05, 3.63) is 40.4 Å². The molecule has 0 saturated carbocycles. The minimum Gasteiger partial charge on any atom is -0.337 e. The van der Waals surface area contributed by atoms with Crippen molar-refractivity contribution in [3.8, 4) is 0 Å². The third-order valence-corrected chi connectivity index (χ3v) is 5.88. The van der Waals surface area contributed by atoms with Crippen LogP contribution in [0.4, 0.5) is 0 Å². The lowest BCUT2D eigenvalue weighted by Gasteiger charge is -2.34. The van der Waals surface area contributed by atoms with Crippen LogP contribution in [0.1, 0.15) is 25.1 Å². The van der Waals surface area contributed by atoms with E-state index in [4.69, 9.17) is 0 Å². The number of amides is 1. The van der Waals surface area contributed by atoms with Crippen LogP contribution in [0.2, 0.25) is 0 Å². The first-order chi connectivity index (χ1) is 12.3. The summed E-state index contributed by atoms with van der Waals surface area (Å²) in [5.74, 6) is 0.0807. The Bertz CT molecular complexity index is 986. The average molecular weight is 378 g/mol. The minimum absolute atomic E-state index is 0.104. The van der Waals surface area contributed by atoms with E-state index in [2.05, 4.69) is 9.97 Å². The Morgan fingerprint density at radius 2 is 2.08 bits per heavy atom. The summed E-state index contributed by atoms with van der Waals surface area (Å²) < 4.78 is 25.2. The molecule has 1 atom stereocenters. The molecule has 1 N–H and O–H groups in total. The van der Waals surface area contributed by atoms with E-state index in [9.17, 15) is 18.0 Å². The number of aromatic nitrogens is 2. The standard InChI is InChI=1S/C17H22N4O4S/c1-20(17(23)14-9-5-6-10-21(14)26(2,24)25)11-15-18-13-8-4-3-7-12(13)16(22)19-15/h3-4,7-8,14H,5-6,9-11H2,1-2H3,(H,18,19,22). The Labute approximate surface area is 151 Å². The second-order valence-corrected chi connectivity index (χ2v) is 8.54. The van der Waals surface area contributed by atoms with E-state index in [0.717, 1.165) is 19.1 Å². The Hall–Kier alpha value is -2.26. The fourth-order valence-corrected chi connectivity index (χ4v) is 4.43. The van der Waals surface area contributed by atoms with Gasteiger partial charge in [-0.1, -0.05) is 18.6 Å². The van der Waals surface area contributed by atoms with Gasteiger partial charge in [-0.25, -0.2) is 13.4 Å². The van der Waals surface area contributed by atoms with Crippen LogP contribution in [-0.4, -0.2) is 59.4 Å². The first-order valence-corrected chi connectivity index (χ1v) is 10.3. The Balaban J connectivity index is 1.82. The van der Waals surface area contributed by atoms with Gasteiger partial charge in [0, 0.05) is 13.6 Å². The molecule has 1 aromatic heterocycles. The number of hydrogen-bond acceptors (Lipinski definition) is 5. The summed E-state index contributed by atoms with van der Waals surface area (Å²) in [6.07, 6.45) is 3.18. The molecular weight excluding hydrogens is 356 g/mol. The SMILES string of the molecule is CN(Cc1nc2ccccc2c(=O)[nH]1)C(=O)C1CCCCN1S(C)(=O)=O. The number of aromatic amines is 1. The van der Waals surface area contributed by atoms with E-state index >= 15 is 0 Å². The number of sulfonamides is 1. The summed E-state index contributed by atoms with van der Waals surface area (Å²) in [5.41, 5.74) is 0.296. The molecule has 1 amide bonds. The highest BCUT2D eigenvalue weighted by Gasteiger charge is 2.36. The average Bonchev–Trinajstić information content (AvgIpc) is 2.60. The molecule has 0 radical (unpaired) electrons. The van der Waals surface area contributed by atoms with Gasteiger partial charge < -0.3 is 9.88 Å². The van der Waals surface area contributed by atoms with Crippen LogP contribution in [0, 0.1) is 0 Å². The summed E-state index contributed by atoms with van der Waals surface area (Å²) in [6.45, 7) is 0.459. The number of likely N-dealkylation sites (N-methyl/N-ethyl adjacent to an activating group) is 1. The molecule has 1 aliphatic rings. The van der Waals surface area contributed by atoms with Crippen LogP contribution in [-0.2, 0) is 21.4 Å². The van der Waals surface area contributed by atoms with Crippen LogP contribution in [0.5, 0.6) is 0 Å². The Morgan fingerprint density at radius 1 is 1.35 bits per heavy atom. The highest BCUT2D eigenvalue weighted by Crippen LogP contribution is 2.21. The fourth-order valence-electron chi connectivity index (χ4n) is 3.32. The fraction of sp³-hybridized carbons (Fsp3) is 0.471. The first kappa shape index (κ1) is 18.5. The number of benzene rings is 1. The van der Waals surface area contributed by atoms with Crippen molar-refractivity contribution in [2.24, 2.45) is 0 Å². The molecular formula is C17H22N4O4S. The zero-order chi connectivity index (χ0) is 18.9. The van der Waals surface area contributed by atoms with Crippen molar-refractivity contribution in [1.82, 2.24) is 19.2 Å². The molecule has 1 aromatic carbocycles. The summed E-state index contributed by atoms with van der Waals surface area (Å²) >= 11 is 0. The summed E-state index contributed by atoms with van der Waals surface area (Å²) in [4.78, 5) is 33.5. The molecule has 1 unspecified atom stereocenters. The van der Waals surface area contributed by atoms with Gasteiger partial charge in [0.25, 0.3) is 5.56 Å². The third kappa shape index (κ3) is 3.78. The van der Waals surface area contributed by atoms with Gasteiger partial charge >= 0.3 is 0 Å². The van der Waals surface area contributed by atoms with Gasteiger partial charge in [-0.2, -0.15) is 4.31 Å². The molecule has 9 heteroatoms. The lowest BCUT2D eigenvalue weighted by atomic mass is 10.0. The van der Waals surface area contributed by atoms with E-state index in [1.807, 2.05) is 0 Å². The van der Waals surface area contributed by atoms with Crippen molar-refractivity contribution in [2.75, 3.05) is 19.8 Å². The molecule has 0 aliphatic carbocycles. The number of H-pyrrole nitrogens is 1. The van der Waals surface area contributed by atoms with Crippen LogP contribution < -0.4 is 5.56 Å². The smallest absolute Gasteiger partial charge is 0.258 e. The monoisotopic (exact) mass is 378 g/mol. The van der Waals surface area contributed by atoms with Gasteiger partial charge in [-0.3, -0.25) is 9.59 Å². The van der Waals surface area contributed by atoms with Gasteiger partial charge in [0.2, 0.25) is 15.9 Å². The highest BCUT2D eigenvalue weighted by atomic mass is 32.2. The number of para-hydroxylation sites is 1. The number of hydrogen-bond donors (Lipinski definition) is 1. The summed E-state index contributed by atoms with van der Waals surface area (Å²) in [5, 5.41) is 0.487. The molecule has 0 spiro atoms. The molecule has 140 valence electrons. The zero-order valence-corrected chi connectivity index (χ0v) is 15.6. The Morgan fingerprint density at radius 3 is 2.81 bits per heavy atom. The van der Waals surface area contributed by atoms with Crippen molar-refractivity contribution < 1.29 is 13.2 Å². The molecule has 3 rings (SSSR count). The van der Waals surface area contributed by atoms with Gasteiger partial charge in [-0.05, 0) is 25.0 Å². The van der Waals surface area contributed by atoms with E-state index in [0.29, 0.717) is 29.7 Å². The molecule has 2 aromatic rings. The second-order valence-electron chi connectivity index (χ2n) is 6.61. The zero-order valence-electron chi connectivity index (χ0n) is 14.8. The minimum atomic E-state index is -3.45.